The highest BCUT2D eigenvalue weighted by Gasteiger charge is 2.35. The standard InChI is InChI=1S/C20H18N4O4S/c1-12-6-4-5-7-16(12)23-19(26)15(18(25)21-20(23)29)11-13-10-14(24(27)28)8-9-17(13)22(2)3/h4-11H,1-3H3,(H,21,25,29)/b15-11-. The summed E-state index contributed by atoms with van der Waals surface area (Å²) >= 11 is 5.21. The van der Waals surface area contributed by atoms with Crippen molar-refractivity contribution in [3.63, 3.8) is 0 Å². The minimum absolute atomic E-state index is 0.0154. The average molecular weight is 410 g/mol. The van der Waals surface area contributed by atoms with Gasteiger partial charge in [-0.15, -0.1) is 0 Å². The number of non-ortho nitro benzene ring substituents is 1. The summed E-state index contributed by atoms with van der Waals surface area (Å²) in [6.45, 7) is 1.83. The molecule has 1 aliphatic rings. The summed E-state index contributed by atoms with van der Waals surface area (Å²) in [7, 11) is 3.53. The minimum Gasteiger partial charge on any atom is -0.377 e. The third-order valence-corrected chi connectivity index (χ3v) is 4.75. The van der Waals surface area contributed by atoms with Crippen LogP contribution in [0.5, 0.6) is 0 Å². The first-order valence-electron chi connectivity index (χ1n) is 8.63. The molecule has 0 aromatic heterocycles. The van der Waals surface area contributed by atoms with Gasteiger partial charge in [0.05, 0.1) is 10.6 Å². The number of nitrogens with zero attached hydrogens (tertiary/aromatic N) is 3. The maximum absolute atomic E-state index is 13.2. The molecule has 3 rings (SSSR count). The third-order valence-electron chi connectivity index (χ3n) is 4.46. The number of carbonyl (C=O) groups is 2. The van der Waals surface area contributed by atoms with Crippen LogP contribution in [0.2, 0.25) is 0 Å². The van der Waals surface area contributed by atoms with E-state index in [1.54, 1.807) is 37.2 Å². The normalized spacial score (nSPS) is 15.5. The molecule has 0 bridgehead atoms. The van der Waals surface area contributed by atoms with Crippen molar-refractivity contribution in [2.24, 2.45) is 0 Å². The van der Waals surface area contributed by atoms with E-state index in [0.717, 1.165) is 5.56 Å². The van der Waals surface area contributed by atoms with Gasteiger partial charge in [-0.2, -0.15) is 0 Å². The minimum atomic E-state index is -0.652. The van der Waals surface area contributed by atoms with Crippen molar-refractivity contribution >= 4 is 52.3 Å². The molecule has 0 spiro atoms. The molecule has 2 amide bonds. The van der Waals surface area contributed by atoms with E-state index < -0.39 is 16.7 Å². The number of hydrogen-bond donors (Lipinski definition) is 1. The Hall–Kier alpha value is -3.59. The van der Waals surface area contributed by atoms with E-state index in [-0.39, 0.29) is 16.4 Å². The fraction of sp³-hybridized carbons (Fsp3) is 0.150. The molecule has 1 saturated heterocycles. The number of nitrogens with one attached hydrogen (secondary N) is 1. The Bertz CT molecular complexity index is 1080. The van der Waals surface area contributed by atoms with Crippen LogP contribution in [-0.2, 0) is 9.59 Å². The van der Waals surface area contributed by atoms with Crippen LogP contribution in [0.15, 0.2) is 48.0 Å². The van der Waals surface area contributed by atoms with E-state index in [1.165, 1.54) is 23.1 Å². The van der Waals surface area contributed by atoms with Crippen LogP contribution >= 0.6 is 12.2 Å². The molecule has 1 fully saturated rings. The highest BCUT2D eigenvalue weighted by molar-refractivity contribution is 7.80. The summed E-state index contributed by atoms with van der Waals surface area (Å²) in [5.74, 6) is -1.25. The molecule has 148 valence electrons. The number of anilines is 2. The van der Waals surface area contributed by atoms with Crippen LogP contribution in [0, 0.1) is 17.0 Å². The molecule has 0 radical (unpaired) electrons. The Morgan fingerprint density at radius 3 is 2.48 bits per heavy atom. The lowest BCUT2D eigenvalue weighted by Crippen LogP contribution is -2.54. The van der Waals surface area contributed by atoms with Crippen LogP contribution in [-0.4, -0.2) is 35.9 Å². The predicted molar refractivity (Wildman–Crippen MR) is 115 cm³/mol. The monoisotopic (exact) mass is 410 g/mol. The van der Waals surface area contributed by atoms with Gasteiger partial charge in [0.2, 0.25) is 0 Å². The molecule has 1 N–H and O–H groups in total. The summed E-state index contributed by atoms with van der Waals surface area (Å²) in [5, 5.41) is 13.7. The van der Waals surface area contributed by atoms with Crippen LogP contribution in [0.3, 0.4) is 0 Å². The summed E-state index contributed by atoms with van der Waals surface area (Å²) < 4.78 is 0. The predicted octanol–water partition coefficient (Wildman–Crippen LogP) is 2.80. The topological polar surface area (TPSA) is 95.8 Å². The summed E-state index contributed by atoms with van der Waals surface area (Å²) in [6.07, 6.45) is 1.35. The molecule has 2 aromatic carbocycles. The lowest BCUT2D eigenvalue weighted by Gasteiger charge is -2.30. The maximum Gasteiger partial charge on any atom is 0.270 e. The number of para-hydroxylation sites is 1. The molecule has 2 aromatic rings. The lowest BCUT2D eigenvalue weighted by atomic mass is 10.0. The molecular weight excluding hydrogens is 392 g/mol. The van der Waals surface area contributed by atoms with Gasteiger partial charge in [-0.1, -0.05) is 18.2 Å². The number of benzene rings is 2. The van der Waals surface area contributed by atoms with Gasteiger partial charge in [0.1, 0.15) is 5.57 Å². The molecule has 29 heavy (non-hydrogen) atoms. The number of hydrogen-bond acceptors (Lipinski definition) is 6. The van der Waals surface area contributed by atoms with Crippen LogP contribution in [0.25, 0.3) is 6.08 Å². The SMILES string of the molecule is Cc1ccccc1N1C(=O)/C(=C\c2cc([N+](=O)[O-])ccc2N(C)C)C(=O)NC1=S. The Morgan fingerprint density at radius 2 is 1.86 bits per heavy atom. The van der Waals surface area contributed by atoms with E-state index >= 15 is 0 Å². The number of amides is 2. The Labute approximate surface area is 172 Å². The first kappa shape index (κ1) is 20.2. The van der Waals surface area contributed by atoms with Gasteiger partial charge in [-0.05, 0) is 42.9 Å². The van der Waals surface area contributed by atoms with Crippen molar-refractivity contribution in [2.45, 2.75) is 6.92 Å². The first-order chi connectivity index (χ1) is 13.7. The largest absolute Gasteiger partial charge is 0.377 e. The highest BCUT2D eigenvalue weighted by atomic mass is 32.1. The highest BCUT2D eigenvalue weighted by Crippen LogP contribution is 2.29. The van der Waals surface area contributed by atoms with Crippen molar-refractivity contribution in [3.8, 4) is 0 Å². The number of nitro benzene ring substituents is 1. The van der Waals surface area contributed by atoms with Crippen LogP contribution < -0.4 is 15.1 Å². The molecule has 0 saturated carbocycles. The van der Waals surface area contributed by atoms with Gasteiger partial charge >= 0.3 is 0 Å². The average Bonchev–Trinajstić information content (AvgIpc) is 2.66. The number of carbonyl (C=O) groups excluding carboxylic acids is 2. The Kier molecular flexibility index (Phi) is 5.42. The van der Waals surface area contributed by atoms with Gasteiger partial charge in [0.15, 0.2) is 5.11 Å². The second kappa shape index (κ2) is 7.80. The zero-order chi connectivity index (χ0) is 21.3. The molecule has 8 nitrogen and oxygen atoms in total. The zero-order valence-electron chi connectivity index (χ0n) is 16.0. The molecular formula is C20H18N4O4S. The summed E-state index contributed by atoms with van der Waals surface area (Å²) in [4.78, 5) is 39.3. The van der Waals surface area contributed by atoms with Gasteiger partial charge in [0.25, 0.3) is 17.5 Å². The number of rotatable bonds is 4. The Balaban J connectivity index is 2.13. The molecule has 0 atom stereocenters. The van der Waals surface area contributed by atoms with Crippen molar-refractivity contribution < 1.29 is 14.5 Å². The van der Waals surface area contributed by atoms with Gasteiger partial charge in [-0.25, -0.2) is 0 Å². The summed E-state index contributed by atoms with van der Waals surface area (Å²) in [6, 6.07) is 11.4. The second-order valence-electron chi connectivity index (χ2n) is 6.64. The van der Waals surface area contributed by atoms with Gasteiger partial charge in [0, 0.05) is 37.5 Å². The van der Waals surface area contributed by atoms with Crippen molar-refractivity contribution in [1.29, 1.82) is 0 Å². The van der Waals surface area contributed by atoms with E-state index in [9.17, 15) is 19.7 Å². The first-order valence-corrected chi connectivity index (χ1v) is 9.04. The number of thiocarbonyl (C=S) groups is 1. The molecule has 0 aliphatic carbocycles. The fourth-order valence-corrected chi connectivity index (χ4v) is 3.30. The second-order valence-corrected chi connectivity index (χ2v) is 7.03. The van der Waals surface area contributed by atoms with Crippen LogP contribution in [0.4, 0.5) is 17.1 Å². The van der Waals surface area contributed by atoms with E-state index in [4.69, 9.17) is 12.2 Å². The number of aryl methyl sites for hydroxylation is 1. The molecule has 0 unspecified atom stereocenters. The van der Waals surface area contributed by atoms with Crippen molar-refractivity contribution in [3.05, 3.63) is 69.3 Å². The summed E-state index contributed by atoms with van der Waals surface area (Å²) in [5.41, 5.74) is 2.06. The van der Waals surface area contributed by atoms with E-state index in [2.05, 4.69) is 5.32 Å². The maximum atomic E-state index is 13.2. The van der Waals surface area contributed by atoms with Gasteiger partial charge in [-0.3, -0.25) is 29.9 Å². The quantitative estimate of drug-likeness (QED) is 0.274. The van der Waals surface area contributed by atoms with Crippen molar-refractivity contribution in [2.75, 3.05) is 23.9 Å². The number of nitro groups is 1. The van der Waals surface area contributed by atoms with E-state index in [1.807, 2.05) is 19.1 Å². The third kappa shape index (κ3) is 3.85. The van der Waals surface area contributed by atoms with Crippen LogP contribution in [0.1, 0.15) is 11.1 Å². The van der Waals surface area contributed by atoms with Gasteiger partial charge < -0.3 is 4.90 Å². The molecule has 9 heteroatoms. The smallest absolute Gasteiger partial charge is 0.270 e. The molecule has 1 heterocycles. The zero-order valence-corrected chi connectivity index (χ0v) is 16.8. The molecule has 1 aliphatic heterocycles. The van der Waals surface area contributed by atoms with E-state index in [0.29, 0.717) is 16.9 Å². The fourth-order valence-electron chi connectivity index (χ4n) is 3.02. The lowest BCUT2D eigenvalue weighted by molar-refractivity contribution is -0.384. The Morgan fingerprint density at radius 1 is 1.17 bits per heavy atom. The van der Waals surface area contributed by atoms with Crippen molar-refractivity contribution in [1.82, 2.24) is 5.32 Å².